The largest absolute Gasteiger partial charge is 0.496 e. The molecule has 0 aliphatic rings. The van der Waals surface area contributed by atoms with Gasteiger partial charge in [-0.2, -0.15) is 12.6 Å². The van der Waals surface area contributed by atoms with Gasteiger partial charge in [-0.1, -0.05) is 12.1 Å². The second kappa shape index (κ2) is 6.16. The first-order chi connectivity index (χ1) is 7.58. The van der Waals surface area contributed by atoms with Crippen LogP contribution in [0.15, 0.2) is 12.1 Å². The van der Waals surface area contributed by atoms with E-state index < -0.39 is 0 Å². The van der Waals surface area contributed by atoms with Gasteiger partial charge in [0, 0.05) is 18.8 Å². The van der Waals surface area contributed by atoms with Gasteiger partial charge in [-0.05, 0) is 37.6 Å². The number of hydrogen-bond acceptors (Lipinski definition) is 3. The number of benzene rings is 1. The highest BCUT2D eigenvalue weighted by atomic mass is 32.1. The molecule has 0 amide bonds. The first kappa shape index (κ1) is 13.4. The maximum absolute atomic E-state index is 5.36. The molecular weight excluding hydrogens is 218 g/mol. The highest BCUT2D eigenvalue weighted by Crippen LogP contribution is 2.24. The highest BCUT2D eigenvalue weighted by molar-refractivity contribution is 7.80. The minimum absolute atomic E-state index is 0.893. The second-order valence-electron chi connectivity index (χ2n) is 4.22. The summed E-state index contributed by atoms with van der Waals surface area (Å²) in [5.74, 6) is 1.89. The van der Waals surface area contributed by atoms with E-state index in [1.54, 1.807) is 7.11 Å². The first-order valence-corrected chi connectivity index (χ1v) is 6.15. The van der Waals surface area contributed by atoms with Crippen molar-refractivity contribution in [3.63, 3.8) is 0 Å². The molecule has 90 valence electrons. The molecule has 0 aliphatic carbocycles. The van der Waals surface area contributed by atoms with Crippen LogP contribution in [0.5, 0.6) is 5.75 Å². The Hall–Kier alpha value is -0.670. The van der Waals surface area contributed by atoms with Gasteiger partial charge in [0.05, 0.1) is 7.11 Å². The van der Waals surface area contributed by atoms with Gasteiger partial charge in [0.25, 0.3) is 0 Å². The number of methoxy groups -OCH3 is 1. The predicted octanol–water partition coefficient (Wildman–Crippen LogP) is 2.67. The van der Waals surface area contributed by atoms with Crippen molar-refractivity contribution in [3.05, 3.63) is 28.8 Å². The molecule has 0 spiro atoms. The molecule has 0 unspecified atom stereocenters. The van der Waals surface area contributed by atoms with Gasteiger partial charge in [-0.3, -0.25) is 0 Å². The van der Waals surface area contributed by atoms with Gasteiger partial charge in [-0.15, -0.1) is 0 Å². The van der Waals surface area contributed by atoms with Crippen LogP contribution in [-0.2, 0) is 6.54 Å². The summed E-state index contributed by atoms with van der Waals surface area (Å²) < 4.78 is 5.36. The van der Waals surface area contributed by atoms with Gasteiger partial charge in [0.15, 0.2) is 0 Å². The normalized spacial score (nSPS) is 10.9. The zero-order chi connectivity index (χ0) is 12.1. The van der Waals surface area contributed by atoms with E-state index in [4.69, 9.17) is 4.74 Å². The van der Waals surface area contributed by atoms with Crippen molar-refractivity contribution in [2.45, 2.75) is 20.4 Å². The quantitative estimate of drug-likeness (QED) is 0.793. The maximum Gasteiger partial charge on any atom is 0.124 e. The lowest BCUT2D eigenvalue weighted by Crippen LogP contribution is -2.20. The van der Waals surface area contributed by atoms with E-state index in [9.17, 15) is 0 Å². The van der Waals surface area contributed by atoms with E-state index in [1.165, 1.54) is 16.7 Å². The Bertz CT molecular complexity index is 329. The summed E-state index contributed by atoms with van der Waals surface area (Å²) in [7, 11) is 3.84. The first-order valence-electron chi connectivity index (χ1n) is 5.52. The third kappa shape index (κ3) is 3.42. The summed E-state index contributed by atoms with van der Waals surface area (Å²) in [6, 6.07) is 4.39. The number of thiol groups is 1. The van der Waals surface area contributed by atoms with Crippen molar-refractivity contribution in [3.8, 4) is 5.75 Å². The predicted molar refractivity (Wildman–Crippen MR) is 72.7 cm³/mol. The average molecular weight is 239 g/mol. The van der Waals surface area contributed by atoms with Crippen LogP contribution in [-0.4, -0.2) is 31.4 Å². The van der Waals surface area contributed by atoms with Crippen LogP contribution in [0.1, 0.15) is 16.7 Å². The molecule has 2 nitrogen and oxygen atoms in total. The van der Waals surface area contributed by atoms with Crippen LogP contribution in [0.3, 0.4) is 0 Å². The smallest absolute Gasteiger partial charge is 0.124 e. The average Bonchev–Trinajstić information content (AvgIpc) is 2.17. The van der Waals surface area contributed by atoms with E-state index in [0.717, 1.165) is 24.6 Å². The molecule has 0 heterocycles. The minimum atomic E-state index is 0.893. The molecular formula is C13H21NOS. The number of rotatable bonds is 5. The summed E-state index contributed by atoms with van der Waals surface area (Å²) in [5.41, 5.74) is 3.74. The van der Waals surface area contributed by atoms with Gasteiger partial charge in [0.2, 0.25) is 0 Å². The molecule has 0 atom stereocenters. The van der Waals surface area contributed by atoms with Gasteiger partial charge in [-0.25, -0.2) is 0 Å². The van der Waals surface area contributed by atoms with E-state index in [2.05, 4.69) is 50.6 Å². The lowest BCUT2D eigenvalue weighted by atomic mass is 10.1. The summed E-state index contributed by atoms with van der Waals surface area (Å²) in [5, 5.41) is 0. The molecule has 3 heteroatoms. The number of hydrogen-bond donors (Lipinski definition) is 1. The SMILES string of the molecule is COc1c(C)cc(CN(C)CCS)cc1C. The van der Waals surface area contributed by atoms with Crippen molar-refractivity contribution < 1.29 is 4.74 Å². The molecule has 0 saturated heterocycles. The molecule has 0 aliphatic heterocycles. The van der Waals surface area contributed by atoms with Crippen LogP contribution in [0.4, 0.5) is 0 Å². The van der Waals surface area contributed by atoms with Gasteiger partial charge in [0.1, 0.15) is 5.75 Å². The topological polar surface area (TPSA) is 12.5 Å². The maximum atomic E-state index is 5.36. The van der Waals surface area contributed by atoms with Crippen LogP contribution in [0.25, 0.3) is 0 Å². The Kier molecular flexibility index (Phi) is 5.16. The Labute approximate surface area is 104 Å². The molecule has 0 radical (unpaired) electrons. The minimum Gasteiger partial charge on any atom is -0.496 e. The van der Waals surface area contributed by atoms with Crippen molar-refractivity contribution >= 4 is 12.6 Å². The van der Waals surface area contributed by atoms with Gasteiger partial charge >= 0.3 is 0 Å². The lowest BCUT2D eigenvalue weighted by Gasteiger charge is -2.17. The summed E-state index contributed by atoms with van der Waals surface area (Å²) in [6.45, 7) is 6.15. The Morgan fingerprint density at radius 3 is 2.25 bits per heavy atom. The van der Waals surface area contributed by atoms with Crippen molar-refractivity contribution in [1.29, 1.82) is 0 Å². The monoisotopic (exact) mass is 239 g/mol. The summed E-state index contributed by atoms with van der Waals surface area (Å²) in [4.78, 5) is 2.27. The Morgan fingerprint density at radius 1 is 1.25 bits per heavy atom. The van der Waals surface area contributed by atoms with E-state index in [-0.39, 0.29) is 0 Å². The van der Waals surface area contributed by atoms with Crippen molar-refractivity contribution in [2.75, 3.05) is 26.5 Å². The van der Waals surface area contributed by atoms with Crippen molar-refractivity contribution in [1.82, 2.24) is 4.90 Å². The van der Waals surface area contributed by atoms with E-state index >= 15 is 0 Å². The van der Waals surface area contributed by atoms with Crippen LogP contribution in [0, 0.1) is 13.8 Å². The van der Waals surface area contributed by atoms with Crippen molar-refractivity contribution in [2.24, 2.45) is 0 Å². The molecule has 0 saturated carbocycles. The summed E-state index contributed by atoms with van der Waals surface area (Å²) >= 11 is 4.24. The van der Waals surface area contributed by atoms with Crippen LogP contribution in [0.2, 0.25) is 0 Å². The molecule has 0 aromatic heterocycles. The molecule has 16 heavy (non-hydrogen) atoms. The zero-order valence-electron chi connectivity index (χ0n) is 10.6. The zero-order valence-corrected chi connectivity index (χ0v) is 11.5. The number of aryl methyl sites for hydroxylation is 2. The molecule has 1 aromatic carbocycles. The van der Waals surface area contributed by atoms with Crippen LogP contribution >= 0.6 is 12.6 Å². The molecule has 0 fully saturated rings. The number of nitrogens with zero attached hydrogens (tertiary/aromatic N) is 1. The second-order valence-corrected chi connectivity index (χ2v) is 4.67. The molecule has 0 bridgehead atoms. The fourth-order valence-electron chi connectivity index (χ4n) is 2.01. The third-order valence-electron chi connectivity index (χ3n) is 2.66. The third-order valence-corrected chi connectivity index (χ3v) is 2.86. The standard InChI is InChI=1S/C13H21NOS/c1-10-7-12(9-14(3)5-6-16)8-11(2)13(10)15-4/h7-8,16H,5-6,9H2,1-4H3. The fraction of sp³-hybridized carbons (Fsp3) is 0.538. The van der Waals surface area contributed by atoms with E-state index in [0.29, 0.717) is 0 Å². The fourth-order valence-corrected chi connectivity index (χ4v) is 2.36. The van der Waals surface area contributed by atoms with Crippen LogP contribution < -0.4 is 4.74 Å². The Balaban J connectivity index is 2.83. The Morgan fingerprint density at radius 2 is 1.81 bits per heavy atom. The molecule has 0 N–H and O–H groups in total. The summed E-state index contributed by atoms with van der Waals surface area (Å²) in [6.07, 6.45) is 0. The lowest BCUT2D eigenvalue weighted by molar-refractivity contribution is 0.348. The molecule has 1 rings (SSSR count). The van der Waals surface area contributed by atoms with E-state index in [1.807, 2.05) is 0 Å². The number of ether oxygens (including phenoxy) is 1. The highest BCUT2D eigenvalue weighted by Gasteiger charge is 2.06. The van der Waals surface area contributed by atoms with Gasteiger partial charge < -0.3 is 9.64 Å². The molecule has 1 aromatic rings.